The Morgan fingerprint density at radius 2 is 1.68 bits per heavy atom. The Morgan fingerprint density at radius 1 is 0.927 bits per heavy atom. The lowest BCUT2D eigenvalue weighted by Crippen LogP contribution is -2.42. The molecular formula is C30H23F2N5O4. The molecule has 0 saturated carbocycles. The highest BCUT2D eigenvalue weighted by atomic mass is 19.1. The lowest BCUT2D eigenvalue weighted by molar-refractivity contribution is -0.140. The van der Waals surface area contributed by atoms with Gasteiger partial charge in [0.25, 0.3) is 5.91 Å². The van der Waals surface area contributed by atoms with Crippen LogP contribution in [0.1, 0.15) is 17.2 Å². The van der Waals surface area contributed by atoms with E-state index in [0.717, 1.165) is 0 Å². The molecule has 1 atom stereocenters. The molecule has 0 bridgehead atoms. The maximum absolute atomic E-state index is 14.9. The highest BCUT2D eigenvalue weighted by molar-refractivity contribution is 5.98. The van der Waals surface area contributed by atoms with Crippen LogP contribution in [0.25, 0.3) is 11.0 Å². The van der Waals surface area contributed by atoms with Crippen molar-refractivity contribution in [3.8, 4) is 11.5 Å². The summed E-state index contributed by atoms with van der Waals surface area (Å²) < 4.78 is 40.9. The maximum Gasteiger partial charge on any atom is 0.251 e. The van der Waals surface area contributed by atoms with Crippen LogP contribution < -0.4 is 14.8 Å². The number of carbonyl (C=O) groups excluding carboxylic acids is 2. The first-order valence-corrected chi connectivity index (χ1v) is 12.7. The first kappa shape index (κ1) is 25.9. The summed E-state index contributed by atoms with van der Waals surface area (Å²) in [6, 6.07) is 22.0. The van der Waals surface area contributed by atoms with Crippen LogP contribution in [-0.4, -0.2) is 38.5 Å². The molecule has 11 heteroatoms. The molecule has 0 radical (unpaired) electrons. The maximum atomic E-state index is 14.9. The minimum absolute atomic E-state index is 0.0623. The molecule has 2 heterocycles. The normalized spacial score (nSPS) is 12.7. The molecule has 2 amide bonds. The molecule has 1 aliphatic rings. The topological polar surface area (TPSA) is 98.6 Å². The van der Waals surface area contributed by atoms with Crippen molar-refractivity contribution in [1.29, 1.82) is 0 Å². The van der Waals surface area contributed by atoms with Crippen molar-refractivity contribution in [3.63, 3.8) is 0 Å². The van der Waals surface area contributed by atoms with E-state index in [1.165, 1.54) is 52.0 Å². The fourth-order valence-electron chi connectivity index (χ4n) is 4.69. The van der Waals surface area contributed by atoms with Crippen LogP contribution in [0.3, 0.4) is 0 Å². The van der Waals surface area contributed by atoms with Gasteiger partial charge < -0.3 is 19.7 Å². The number of aromatic nitrogens is 3. The first-order chi connectivity index (χ1) is 20.0. The number of benzene rings is 4. The van der Waals surface area contributed by atoms with Crippen molar-refractivity contribution in [3.05, 3.63) is 114 Å². The van der Waals surface area contributed by atoms with Crippen LogP contribution >= 0.6 is 0 Å². The lowest BCUT2D eigenvalue weighted by Gasteiger charge is -2.31. The van der Waals surface area contributed by atoms with Gasteiger partial charge in [-0.25, -0.2) is 13.5 Å². The van der Waals surface area contributed by atoms with Crippen molar-refractivity contribution in [2.45, 2.75) is 19.1 Å². The van der Waals surface area contributed by atoms with Crippen molar-refractivity contribution in [2.24, 2.45) is 0 Å². The molecule has 41 heavy (non-hydrogen) atoms. The predicted octanol–water partition coefficient (Wildman–Crippen LogP) is 4.85. The molecule has 9 nitrogen and oxygen atoms in total. The Kier molecular flexibility index (Phi) is 6.99. The standard InChI is InChI=1S/C30H23F2N5O4/c31-21-11-9-19(10-12-21)29(30(39)33-22-13-14-26-27(15-22)41-18-40-26)36(16-20-5-1-2-6-23(20)32)28(38)17-37-25-8-4-3-7-24(25)34-35-37/h1-15,29H,16-18H2,(H,33,39). The number of anilines is 1. The molecule has 5 aromatic rings. The van der Waals surface area contributed by atoms with Gasteiger partial charge in [0.2, 0.25) is 12.7 Å². The third kappa shape index (κ3) is 5.42. The Labute approximate surface area is 232 Å². The summed E-state index contributed by atoms with van der Waals surface area (Å²) in [6.45, 7) is -0.453. The summed E-state index contributed by atoms with van der Waals surface area (Å²) >= 11 is 0. The molecule has 1 aromatic heterocycles. The van der Waals surface area contributed by atoms with E-state index < -0.39 is 29.5 Å². The minimum Gasteiger partial charge on any atom is -0.454 e. The number of ether oxygens (including phenoxy) is 2. The van der Waals surface area contributed by atoms with E-state index in [0.29, 0.717) is 33.8 Å². The Bertz CT molecular complexity index is 1740. The van der Waals surface area contributed by atoms with Crippen LogP contribution in [0, 0.1) is 11.6 Å². The number of carbonyl (C=O) groups is 2. The number of amides is 2. The molecule has 0 aliphatic carbocycles. The zero-order valence-electron chi connectivity index (χ0n) is 21.5. The fourth-order valence-corrected chi connectivity index (χ4v) is 4.69. The van der Waals surface area contributed by atoms with Gasteiger partial charge in [-0.05, 0) is 48.0 Å². The predicted molar refractivity (Wildman–Crippen MR) is 145 cm³/mol. The van der Waals surface area contributed by atoms with E-state index in [1.807, 2.05) is 0 Å². The molecule has 1 aliphatic heterocycles. The monoisotopic (exact) mass is 555 g/mol. The number of halogens is 2. The van der Waals surface area contributed by atoms with E-state index in [9.17, 15) is 18.4 Å². The quantitative estimate of drug-likeness (QED) is 0.294. The average Bonchev–Trinajstić information content (AvgIpc) is 3.61. The highest BCUT2D eigenvalue weighted by Gasteiger charge is 2.33. The second-order valence-corrected chi connectivity index (χ2v) is 9.36. The zero-order chi connectivity index (χ0) is 28.3. The molecule has 1 N–H and O–H groups in total. The number of para-hydroxylation sites is 1. The number of nitrogens with zero attached hydrogens (tertiary/aromatic N) is 4. The second-order valence-electron chi connectivity index (χ2n) is 9.36. The molecule has 6 rings (SSSR count). The van der Waals surface area contributed by atoms with E-state index >= 15 is 0 Å². The van der Waals surface area contributed by atoms with Crippen molar-refractivity contribution < 1.29 is 27.8 Å². The number of hydrogen-bond acceptors (Lipinski definition) is 6. The summed E-state index contributed by atoms with van der Waals surface area (Å²) in [7, 11) is 0. The van der Waals surface area contributed by atoms with Crippen molar-refractivity contribution in [2.75, 3.05) is 12.1 Å². The molecule has 4 aromatic carbocycles. The highest BCUT2D eigenvalue weighted by Crippen LogP contribution is 2.35. The molecule has 0 saturated heterocycles. The summed E-state index contributed by atoms with van der Waals surface area (Å²) in [5.74, 6) is -1.18. The van der Waals surface area contributed by atoms with Crippen LogP contribution in [0.4, 0.5) is 14.5 Å². The van der Waals surface area contributed by atoms with Crippen molar-refractivity contribution in [1.82, 2.24) is 19.9 Å². The third-order valence-electron chi connectivity index (χ3n) is 6.71. The van der Waals surface area contributed by atoms with Gasteiger partial charge in [0, 0.05) is 23.9 Å². The second kappa shape index (κ2) is 11.0. The minimum atomic E-state index is -1.26. The number of nitrogens with one attached hydrogen (secondary N) is 1. The SMILES string of the molecule is O=C(Nc1ccc2c(c1)OCO2)C(c1ccc(F)cc1)N(Cc1ccccc1F)C(=O)Cn1nnc2ccccc21. The van der Waals surface area contributed by atoms with Gasteiger partial charge in [-0.2, -0.15) is 0 Å². The Morgan fingerprint density at radius 3 is 2.51 bits per heavy atom. The third-order valence-corrected chi connectivity index (χ3v) is 6.71. The lowest BCUT2D eigenvalue weighted by atomic mass is 10.0. The van der Waals surface area contributed by atoms with Gasteiger partial charge in [0.05, 0.1) is 5.52 Å². The van der Waals surface area contributed by atoms with Gasteiger partial charge in [0.1, 0.15) is 29.7 Å². The first-order valence-electron chi connectivity index (χ1n) is 12.7. The fraction of sp³-hybridized carbons (Fsp3) is 0.133. The molecule has 0 spiro atoms. The van der Waals surface area contributed by atoms with Gasteiger partial charge in [0.15, 0.2) is 11.5 Å². The van der Waals surface area contributed by atoms with Crippen LogP contribution in [0.15, 0.2) is 91.0 Å². The Balaban J connectivity index is 1.39. The van der Waals surface area contributed by atoms with Crippen LogP contribution in [-0.2, 0) is 22.7 Å². The summed E-state index contributed by atoms with van der Waals surface area (Å²) in [6.07, 6.45) is 0. The van der Waals surface area contributed by atoms with Gasteiger partial charge in [-0.15, -0.1) is 5.10 Å². The summed E-state index contributed by atoms with van der Waals surface area (Å²) in [5.41, 5.74) is 2.14. The molecule has 0 fully saturated rings. The van der Waals surface area contributed by atoms with Crippen LogP contribution in [0.5, 0.6) is 11.5 Å². The van der Waals surface area contributed by atoms with Gasteiger partial charge >= 0.3 is 0 Å². The number of rotatable bonds is 8. The average molecular weight is 556 g/mol. The van der Waals surface area contributed by atoms with Gasteiger partial charge in [-0.3, -0.25) is 9.59 Å². The Hall–Kier alpha value is -5.32. The molecule has 206 valence electrons. The molecule has 1 unspecified atom stereocenters. The van der Waals surface area contributed by atoms with E-state index in [2.05, 4.69) is 15.6 Å². The molecular weight excluding hydrogens is 532 g/mol. The van der Waals surface area contributed by atoms with E-state index in [4.69, 9.17) is 9.47 Å². The van der Waals surface area contributed by atoms with E-state index in [-0.39, 0.29) is 25.4 Å². The number of fused-ring (bicyclic) bond motifs is 2. The zero-order valence-corrected chi connectivity index (χ0v) is 21.5. The smallest absolute Gasteiger partial charge is 0.251 e. The van der Waals surface area contributed by atoms with Crippen molar-refractivity contribution >= 4 is 28.5 Å². The van der Waals surface area contributed by atoms with E-state index in [1.54, 1.807) is 48.5 Å². The van der Waals surface area contributed by atoms with Crippen LogP contribution in [0.2, 0.25) is 0 Å². The summed E-state index contributed by atoms with van der Waals surface area (Å²) in [4.78, 5) is 29.2. The largest absolute Gasteiger partial charge is 0.454 e. The number of hydrogen-bond donors (Lipinski definition) is 1. The van der Waals surface area contributed by atoms with Gasteiger partial charge in [-0.1, -0.05) is 47.7 Å². The summed E-state index contributed by atoms with van der Waals surface area (Å²) in [5, 5.41) is 11.0.